The van der Waals surface area contributed by atoms with Crippen LogP contribution in [0.15, 0.2) is 36.4 Å². The molecular formula is C26H31N3O6S. The summed E-state index contributed by atoms with van der Waals surface area (Å²) in [6.07, 6.45) is 4.03. The summed E-state index contributed by atoms with van der Waals surface area (Å²) in [6.45, 7) is 3.77. The summed E-state index contributed by atoms with van der Waals surface area (Å²) in [5, 5.41) is 5.68. The fraction of sp³-hybridized carbons (Fsp3) is 0.423. The summed E-state index contributed by atoms with van der Waals surface area (Å²) in [5.41, 5.74) is 2.92. The Hall–Kier alpha value is -3.40. The number of anilines is 2. The number of rotatable bonds is 9. The number of hydrogen-bond acceptors (Lipinski definition) is 6. The lowest BCUT2D eigenvalue weighted by atomic mass is 10.1. The third-order valence-electron chi connectivity index (χ3n) is 6.42. The summed E-state index contributed by atoms with van der Waals surface area (Å²) >= 11 is 0. The lowest BCUT2D eigenvalue weighted by Crippen LogP contribution is -2.45. The van der Waals surface area contributed by atoms with Gasteiger partial charge in [-0.05, 0) is 56.0 Å². The minimum Gasteiger partial charge on any atom is -0.454 e. The molecule has 1 aliphatic heterocycles. The largest absolute Gasteiger partial charge is 0.454 e. The number of carbonyl (C=O) groups is 3. The van der Waals surface area contributed by atoms with E-state index in [-0.39, 0.29) is 36.8 Å². The number of amides is 3. The molecule has 0 radical (unpaired) electrons. The quantitative estimate of drug-likeness (QED) is 0.533. The van der Waals surface area contributed by atoms with Crippen LogP contribution in [0.2, 0.25) is 0 Å². The highest BCUT2D eigenvalue weighted by atomic mass is 32.2. The van der Waals surface area contributed by atoms with Crippen molar-refractivity contribution in [2.24, 2.45) is 0 Å². The number of hydrogen-bond donors (Lipinski definition) is 2. The summed E-state index contributed by atoms with van der Waals surface area (Å²) in [6, 6.07) is 10.6. The van der Waals surface area contributed by atoms with Crippen LogP contribution in [0.25, 0.3) is 0 Å². The van der Waals surface area contributed by atoms with Gasteiger partial charge in [0.05, 0.1) is 0 Å². The fourth-order valence-corrected chi connectivity index (χ4v) is 5.30. The van der Waals surface area contributed by atoms with E-state index in [0.29, 0.717) is 22.9 Å². The van der Waals surface area contributed by atoms with Crippen LogP contribution in [-0.2, 0) is 25.2 Å². The maximum Gasteiger partial charge on any atom is 0.240 e. The molecule has 1 aliphatic carbocycles. The van der Waals surface area contributed by atoms with Gasteiger partial charge in [0.1, 0.15) is 18.1 Å². The highest BCUT2D eigenvalue weighted by Gasteiger charge is 2.26. The minimum atomic E-state index is -1.77. The maximum absolute atomic E-state index is 13.2. The van der Waals surface area contributed by atoms with Crippen molar-refractivity contribution in [1.29, 1.82) is 0 Å². The average Bonchev–Trinajstić information content (AvgIpc) is 3.51. The van der Waals surface area contributed by atoms with Crippen molar-refractivity contribution in [3.63, 3.8) is 0 Å². The number of nitrogens with zero attached hydrogens (tertiary/aromatic N) is 1. The molecule has 10 heteroatoms. The second-order valence-electron chi connectivity index (χ2n) is 9.09. The second-order valence-corrected chi connectivity index (χ2v) is 10.5. The van der Waals surface area contributed by atoms with Crippen LogP contribution >= 0.6 is 0 Å². The molecule has 0 spiro atoms. The van der Waals surface area contributed by atoms with Gasteiger partial charge in [-0.25, -0.2) is 0 Å². The van der Waals surface area contributed by atoms with Crippen molar-refractivity contribution in [2.75, 3.05) is 35.1 Å². The zero-order valence-corrected chi connectivity index (χ0v) is 21.3. The van der Waals surface area contributed by atoms with E-state index in [0.717, 1.165) is 36.8 Å². The van der Waals surface area contributed by atoms with Gasteiger partial charge >= 0.3 is 0 Å². The third-order valence-corrected chi connectivity index (χ3v) is 7.58. The Bertz CT molecular complexity index is 1180. The molecule has 9 nitrogen and oxygen atoms in total. The normalized spacial score (nSPS) is 15.4. The SMILES string of the molecule is Cc1cccc(N(CC(=O)NC2CCCC2)C(=O)C[S@](=O)CC(=O)Nc2ccc3c(c2)OCO3)c1C. The van der Waals surface area contributed by atoms with Gasteiger partial charge in [0, 0.05) is 34.3 Å². The smallest absolute Gasteiger partial charge is 0.240 e. The predicted molar refractivity (Wildman–Crippen MR) is 138 cm³/mol. The monoisotopic (exact) mass is 513 g/mol. The van der Waals surface area contributed by atoms with Crippen LogP contribution < -0.4 is 25.0 Å². The van der Waals surface area contributed by atoms with Gasteiger partial charge in [-0.15, -0.1) is 0 Å². The van der Waals surface area contributed by atoms with Gasteiger partial charge in [0.15, 0.2) is 11.5 Å². The molecule has 0 bridgehead atoms. The average molecular weight is 514 g/mol. The van der Waals surface area contributed by atoms with Crippen LogP contribution in [0.5, 0.6) is 11.5 Å². The van der Waals surface area contributed by atoms with Gasteiger partial charge in [0.25, 0.3) is 0 Å². The molecule has 2 N–H and O–H groups in total. The first-order chi connectivity index (χ1) is 17.3. The molecule has 4 rings (SSSR count). The first kappa shape index (κ1) is 25.7. The number of nitrogens with one attached hydrogen (secondary N) is 2. The molecule has 36 heavy (non-hydrogen) atoms. The minimum absolute atomic E-state index is 0.119. The van der Waals surface area contributed by atoms with Gasteiger partial charge in [-0.3, -0.25) is 18.6 Å². The first-order valence-electron chi connectivity index (χ1n) is 12.0. The molecule has 0 aromatic heterocycles. The van der Waals surface area contributed by atoms with Gasteiger partial charge in [-0.1, -0.05) is 25.0 Å². The highest BCUT2D eigenvalue weighted by Crippen LogP contribution is 2.34. The van der Waals surface area contributed by atoms with Crippen LogP contribution in [0.3, 0.4) is 0 Å². The lowest BCUT2D eigenvalue weighted by Gasteiger charge is -2.25. The van der Waals surface area contributed by atoms with Crippen LogP contribution in [0.1, 0.15) is 36.8 Å². The molecule has 1 heterocycles. The van der Waals surface area contributed by atoms with Crippen molar-refractivity contribution in [1.82, 2.24) is 5.32 Å². The molecule has 0 saturated heterocycles. The zero-order chi connectivity index (χ0) is 25.7. The van der Waals surface area contributed by atoms with E-state index in [2.05, 4.69) is 10.6 Å². The van der Waals surface area contributed by atoms with Crippen molar-refractivity contribution in [2.45, 2.75) is 45.6 Å². The van der Waals surface area contributed by atoms with Crippen molar-refractivity contribution in [3.05, 3.63) is 47.5 Å². The van der Waals surface area contributed by atoms with E-state index < -0.39 is 22.6 Å². The van der Waals surface area contributed by atoms with Gasteiger partial charge in [0.2, 0.25) is 24.5 Å². The molecule has 2 aromatic carbocycles. The van der Waals surface area contributed by atoms with E-state index >= 15 is 0 Å². The third kappa shape index (κ3) is 6.42. The number of carbonyl (C=O) groups excluding carboxylic acids is 3. The van der Waals surface area contributed by atoms with Crippen LogP contribution in [-0.4, -0.2) is 52.8 Å². The molecule has 2 aliphatic rings. The molecule has 2 aromatic rings. The highest BCUT2D eigenvalue weighted by molar-refractivity contribution is 7.86. The molecule has 192 valence electrons. The molecule has 1 atom stereocenters. The van der Waals surface area contributed by atoms with Crippen molar-refractivity contribution >= 4 is 39.9 Å². The van der Waals surface area contributed by atoms with Gasteiger partial charge in [-0.2, -0.15) is 0 Å². The van der Waals surface area contributed by atoms with Gasteiger partial charge < -0.3 is 25.0 Å². The lowest BCUT2D eigenvalue weighted by molar-refractivity contribution is -0.123. The summed E-state index contributed by atoms with van der Waals surface area (Å²) in [7, 11) is -1.77. The number of aryl methyl sites for hydroxylation is 1. The molecule has 3 amide bonds. The predicted octanol–water partition coefficient (Wildman–Crippen LogP) is 2.81. The first-order valence-corrected chi connectivity index (χ1v) is 13.5. The molecular weight excluding hydrogens is 482 g/mol. The van der Waals surface area contributed by atoms with Crippen molar-refractivity contribution in [3.8, 4) is 11.5 Å². The molecule has 1 saturated carbocycles. The zero-order valence-electron chi connectivity index (χ0n) is 20.5. The van der Waals surface area contributed by atoms with Crippen LogP contribution in [0.4, 0.5) is 11.4 Å². The Kier molecular flexibility index (Phi) is 8.25. The second kappa shape index (κ2) is 11.6. The summed E-state index contributed by atoms with van der Waals surface area (Å²) in [4.78, 5) is 39.8. The fourth-order valence-electron chi connectivity index (χ4n) is 4.41. The van der Waals surface area contributed by atoms with E-state index in [4.69, 9.17) is 9.47 Å². The number of fused-ring (bicyclic) bond motifs is 1. The maximum atomic E-state index is 13.2. The Morgan fingerprint density at radius 3 is 2.53 bits per heavy atom. The Balaban J connectivity index is 1.39. The summed E-state index contributed by atoms with van der Waals surface area (Å²) in [5.74, 6) is -0.831. The van der Waals surface area contributed by atoms with E-state index in [1.807, 2.05) is 26.0 Å². The van der Waals surface area contributed by atoms with E-state index in [9.17, 15) is 18.6 Å². The Morgan fingerprint density at radius 1 is 1.00 bits per heavy atom. The Labute approximate surface area is 213 Å². The van der Waals surface area contributed by atoms with Crippen LogP contribution in [0, 0.1) is 13.8 Å². The number of benzene rings is 2. The topological polar surface area (TPSA) is 114 Å². The van der Waals surface area contributed by atoms with E-state index in [1.165, 1.54) is 4.90 Å². The molecule has 1 fully saturated rings. The van der Waals surface area contributed by atoms with E-state index in [1.54, 1.807) is 24.3 Å². The molecule has 0 unspecified atom stereocenters. The van der Waals surface area contributed by atoms with Crippen molar-refractivity contribution < 1.29 is 28.1 Å². The Morgan fingerprint density at radius 2 is 1.75 bits per heavy atom. The standard InChI is InChI=1S/C26H31N3O6S/c1-17-6-5-9-21(18(17)2)29(13-24(30)27-19-7-3-4-8-19)26(32)15-36(33)14-25(31)28-20-10-11-22-23(12-20)35-16-34-22/h5-6,9-12,19H,3-4,7-8,13-16H2,1-2H3,(H,27,30)(H,28,31)/t36-/m1/s1. The summed E-state index contributed by atoms with van der Waals surface area (Å²) < 4.78 is 23.3. The number of ether oxygens (including phenoxy) is 2.